The third-order valence-electron chi connectivity index (χ3n) is 2.25. The Bertz CT molecular complexity index is 389. The van der Waals surface area contributed by atoms with Crippen LogP contribution in [-0.4, -0.2) is 16.2 Å². The summed E-state index contributed by atoms with van der Waals surface area (Å²) in [5.74, 6) is 1.24. The highest BCUT2D eigenvalue weighted by molar-refractivity contribution is 6.30. The summed E-state index contributed by atoms with van der Waals surface area (Å²) in [7, 11) is 0. The highest BCUT2D eigenvalue weighted by atomic mass is 35.5. The number of halogens is 1. The van der Waals surface area contributed by atoms with Crippen molar-refractivity contribution in [1.82, 2.24) is 9.97 Å². The van der Waals surface area contributed by atoms with Crippen LogP contribution in [0.1, 0.15) is 18.9 Å². The number of aromatic nitrogens is 2. The van der Waals surface area contributed by atoms with Crippen molar-refractivity contribution >= 4 is 29.6 Å². The van der Waals surface area contributed by atoms with Gasteiger partial charge in [0.25, 0.3) is 0 Å². The molecule has 1 aromatic rings. The van der Waals surface area contributed by atoms with Gasteiger partial charge in [0.05, 0.1) is 0 Å². The van der Waals surface area contributed by atoms with Gasteiger partial charge in [-0.2, -0.15) is 4.98 Å². The number of aliphatic imine (C=N–C) groups is 1. The molecule has 1 unspecified atom stereocenters. The van der Waals surface area contributed by atoms with Gasteiger partial charge < -0.3 is 5.73 Å². The van der Waals surface area contributed by atoms with E-state index < -0.39 is 0 Å². The van der Waals surface area contributed by atoms with Crippen LogP contribution in [0.2, 0.25) is 5.15 Å². The number of hydrogen-bond donors (Lipinski definition) is 1. The van der Waals surface area contributed by atoms with Gasteiger partial charge in [0.1, 0.15) is 5.15 Å². The largest absolute Gasteiger partial charge is 0.368 e. The molecule has 1 aromatic heterocycles. The van der Waals surface area contributed by atoms with Crippen molar-refractivity contribution in [3.05, 3.63) is 10.7 Å². The maximum Gasteiger partial charge on any atom is 0.223 e. The first kappa shape index (κ1) is 9.40. The Balaban J connectivity index is 2.51. The molecular weight excluding hydrogens is 200 g/mol. The summed E-state index contributed by atoms with van der Waals surface area (Å²) in [4.78, 5) is 12.2. The lowest BCUT2D eigenvalue weighted by Crippen LogP contribution is -1.99. The topological polar surface area (TPSA) is 64.2 Å². The van der Waals surface area contributed by atoms with Crippen LogP contribution >= 0.6 is 11.6 Å². The van der Waals surface area contributed by atoms with Crippen molar-refractivity contribution in [2.24, 2.45) is 10.9 Å². The average molecular weight is 211 g/mol. The Morgan fingerprint density at radius 3 is 3.07 bits per heavy atom. The molecule has 0 aromatic carbocycles. The number of nitrogens with two attached hydrogens (primary N) is 1. The molecule has 2 rings (SSSR count). The molecule has 1 aliphatic heterocycles. The van der Waals surface area contributed by atoms with Crippen LogP contribution < -0.4 is 5.73 Å². The molecule has 0 amide bonds. The molecule has 5 heteroatoms. The van der Waals surface area contributed by atoms with Crippen molar-refractivity contribution in [2.45, 2.75) is 19.8 Å². The number of hydrogen-bond acceptors (Lipinski definition) is 4. The molecule has 14 heavy (non-hydrogen) atoms. The van der Waals surface area contributed by atoms with Gasteiger partial charge in [-0.05, 0) is 18.8 Å². The number of rotatable bonds is 0. The van der Waals surface area contributed by atoms with E-state index in [0.717, 1.165) is 18.4 Å². The van der Waals surface area contributed by atoms with E-state index >= 15 is 0 Å². The number of nitrogen functional groups attached to an aromatic ring is 1. The standard InChI is InChI=1S/C9H11ClN4/c1-5-2-3-6-7(10)13-9(11)14-8(6)12-4-5/h4-5H,2-3H2,1H3,(H2,11,13,14). The molecule has 0 fully saturated rings. The summed E-state index contributed by atoms with van der Waals surface area (Å²) in [6, 6.07) is 0. The van der Waals surface area contributed by atoms with E-state index in [9.17, 15) is 0 Å². The minimum atomic E-state index is 0.181. The molecule has 74 valence electrons. The summed E-state index contributed by atoms with van der Waals surface area (Å²) in [5, 5.41) is 0.429. The molecule has 4 nitrogen and oxygen atoms in total. The van der Waals surface area contributed by atoms with Gasteiger partial charge in [0.2, 0.25) is 5.95 Å². The second-order valence-corrected chi connectivity index (χ2v) is 3.83. The average Bonchev–Trinajstić information content (AvgIpc) is 2.28. The number of nitrogens with zero attached hydrogens (tertiary/aromatic N) is 3. The fraction of sp³-hybridized carbons (Fsp3) is 0.444. The summed E-state index contributed by atoms with van der Waals surface area (Å²) in [6.07, 6.45) is 3.76. The Hall–Kier alpha value is -1.16. The van der Waals surface area contributed by atoms with Crippen LogP contribution in [0.25, 0.3) is 0 Å². The number of fused-ring (bicyclic) bond motifs is 1. The Kier molecular flexibility index (Phi) is 2.37. The maximum atomic E-state index is 5.96. The van der Waals surface area contributed by atoms with Gasteiger partial charge in [-0.1, -0.05) is 18.5 Å². The lowest BCUT2D eigenvalue weighted by atomic mass is 10.1. The third kappa shape index (κ3) is 1.70. The van der Waals surface area contributed by atoms with Crippen LogP contribution in [0.3, 0.4) is 0 Å². The quantitative estimate of drug-likeness (QED) is 0.666. The predicted molar refractivity (Wildman–Crippen MR) is 57.1 cm³/mol. The zero-order valence-electron chi connectivity index (χ0n) is 7.87. The molecule has 0 aliphatic carbocycles. The van der Waals surface area contributed by atoms with Crippen molar-refractivity contribution in [1.29, 1.82) is 0 Å². The normalized spacial score (nSPS) is 20.3. The van der Waals surface area contributed by atoms with E-state index in [2.05, 4.69) is 21.9 Å². The molecule has 0 radical (unpaired) electrons. The van der Waals surface area contributed by atoms with Gasteiger partial charge >= 0.3 is 0 Å². The summed E-state index contributed by atoms with van der Waals surface area (Å²) < 4.78 is 0. The first-order valence-electron chi connectivity index (χ1n) is 4.53. The van der Waals surface area contributed by atoms with Crippen molar-refractivity contribution < 1.29 is 0 Å². The molecule has 0 saturated heterocycles. The molecule has 1 aliphatic rings. The maximum absolute atomic E-state index is 5.96. The van der Waals surface area contributed by atoms with Crippen LogP contribution in [0.5, 0.6) is 0 Å². The van der Waals surface area contributed by atoms with Gasteiger partial charge in [-0.25, -0.2) is 9.98 Å². The van der Waals surface area contributed by atoms with E-state index in [1.54, 1.807) is 0 Å². The molecule has 2 N–H and O–H groups in total. The molecule has 0 saturated carbocycles. The summed E-state index contributed by atoms with van der Waals surface area (Å²) in [5.41, 5.74) is 6.39. The monoisotopic (exact) mass is 210 g/mol. The molecule has 1 atom stereocenters. The van der Waals surface area contributed by atoms with E-state index in [-0.39, 0.29) is 5.95 Å². The zero-order valence-corrected chi connectivity index (χ0v) is 8.62. The second kappa shape index (κ2) is 3.53. The van der Waals surface area contributed by atoms with E-state index in [1.807, 2.05) is 6.21 Å². The summed E-state index contributed by atoms with van der Waals surface area (Å²) in [6.45, 7) is 2.11. The van der Waals surface area contributed by atoms with Crippen LogP contribution in [0.4, 0.5) is 11.8 Å². The minimum Gasteiger partial charge on any atom is -0.368 e. The first-order valence-corrected chi connectivity index (χ1v) is 4.90. The third-order valence-corrected chi connectivity index (χ3v) is 2.57. The molecule has 0 bridgehead atoms. The lowest BCUT2D eigenvalue weighted by molar-refractivity contribution is 0.700. The predicted octanol–water partition coefficient (Wildman–Crippen LogP) is 2.00. The molecule has 2 heterocycles. The first-order chi connectivity index (χ1) is 6.66. The van der Waals surface area contributed by atoms with Gasteiger partial charge in [0.15, 0.2) is 5.82 Å². The van der Waals surface area contributed by atoms with E-state index in [4.69, 9.17) is 17.3 Å². The van der Waals surface area contributed by atoms with Crippen molar-refractivity contribution in [3.8, 4) is 0 Å². The highest BCUT2D eigenvalue weighted by Gasteiger charge is 2.15. The summed E-state index contributed by atoms with van der Waals surface area (Å²) >= 11 is 5.96. The fourth-order valence-electron chi connectivity index (χ4n) is 1.43. The Morgan fingerprint density at radius 2 is 2.29 bits per heavy atom. The highest BCUT2D eigenvalue weighted by Crippen LogP contribution is 2.28. The lowest BCUT2D eigenvalue weighted by Gasteiger charge is -2.04. The Morgan fingerprint density at radius 1 is 1.50 bits per heavy atom. The van der Waals surface area contributed by atoms with Crippen LogP contribution in [-0.2, 0) is 6.42 Å². The van der Waals surface area contributed by atoms with E-state index in [1.165, 1.54) is 0 Å². The number of anilines is 1. The Labute approximate surface area is 87.2 Å². The molecular formula is C9H11ClN4. The minimum absolute atomic E-state index is 0.181. The van der Waals surface area contributed by atoms with Crippen LogP contribution in [0.15, 0.2) is 4.99 Å². The zero-order chi connectivity index (χ0) is 10.1. The van der Waals surface area contributed by atoms with Gasteiger partial charge in [-0.3, -0.25) is 0 Å². The van der Waals surface area contributed by atoms with Gasteiger partial charge in [-0.15, -0.1) is 0 Å². The molecule has 0 spiro atoms. The second-order valence-electron chi connectivity index (χ2n) is 3.47. The van der Waals surface area contributed by atoms with Crippen molar-refractivity contribution in [2.75, 3.05) is 5.73 Å². The van der Waals surface area contributed by atoms with Crippen LogP contribution in [0, 0.1) is 5.92 Å². The SMILES string of the molecule is CC1C=Nc2nc(N)nc(Cl)c2CC1. The van der Waals surface area contributed by atoms with Gasteiger partial charge in [0, 0.05) is 11.8 Å². The smallest absolute Gasteiger partial charge is 0.223 e. The fourth-order valence-corrected chi connectivity index (χ4v) is 1.69. The van der Waals surface area contributed by atoms with Crippen molar-refractivity contribution in [3.63, 3.8) is 0 Å². The van der Waals surface area contributed by atoms with E-state index in [0.29, 0.717) is 16.9 Å².